The zero-order valence-corrected chi connectivity index (χ0v) is 28.6. The maximum absolute atomic E-state index is 15.2. The first-order chi connectivity index (χ1) is 23.3. The lowest BCUT2D eigenvalue weighted by Gasteiger charge is -2.49. The molecule has 0 spiro atoms. The summed E-state index contributed by atoms with van der Waals surface area (Å²) in [6.45, 7) is 4.99. The molecule has 1 saturated carbocycles. The molecule has 16 heteroatoms. The van der Waals surface area contributed by atoms with E-state index in [4.69, 9.17) is 32.7 Å². The lowest BCUT2D eigenvalue weighted by atomic mass is 9.57. The van der Waals surface area contributed by atoms with E-state index >= 15 is 8.78 Å². The Morgan fingerprint density at radius 1 is 0.860 bits per heavy atom. The topological polar surface area (TPSA) is 113 Å². The zero-order valence-electron chi connectivity index (χ0n) is 27.0. The Kier molecular flexibility index (Phi) is 8.34. The Bertz CT molecular complexity index is 1910. The number of carbonyl (C=O) groups is 4. The summed E-state index contributed by atoms with van der Waals surface area (Å²) in [5.41, 5.74) is -2.20. The number of carbonyl (C=O) groups excluding carboxylic acids is 4. The van der Waals surface area contributed by atoms with Crippen LogP contribution in [0.2, 0.25) is 0 Å². The number of rotatable bonds is 5. The van der Waals surface area contributed by atoms with E-state index in [1.807, 2.05) is 0 Å². The molecule has 3 fully saturated rings. The molecule has 6 rings (SSSR count). The van der Waals surface area contributed by atoms with Crippen molar-refractivity contribution < 1.29 is 55.7 Å². The molecule has 2 aliphatic carbocycles. The molecule has 0 unspecified atom stereocenters. The molecule has 9 nitrogen and oxygen atoms in total. The standard InChI is InChI=1S/C34H29Cl2F5N2O7/c1-32(2,3)43-28(45)15-8-7-14-16(20(15)29(43)46)12-33(35)30(47)42(26-24(40)22(38)21(37)23(39)25(26)41)31(48)34(33,36)17(14)9-6-13-10-18(49-4)27(44)19(11-13)50-5/h6-7,9-11,15-17,20,44H,8,12H2,1-5H3/t15-,16+,17-,20-,33+,34-/m0/s1. The molecule has 4 amide bonds. The molecule has 2 aromatic carbocycles. The van der Waals surface area contributed by atoms with Crippen LogP contribution in [-0.4, -0.2) is 63.1 Å². The number of benzene rings is 2. The molecule has 1 N–H and O–H groups in total. The van der Waals surface area contributed by atoms with Gasteiger partial charge in [-0.15, -0.1) is 23.2 Å². The highest BCUT2D eigenvalue weighted by Crippen LogP contribution is 2.64. The van der Waals surface area contributed by atoms with Crippen molar-refractivity contribution in [3.63, 3.8) is 0 Å². The van der Waals surface area contributed by atoms with Crippen molar-refractivity contribution >= 4 is 58.6 Å². The lowest BCUT2D eigenvalue weighted by Crippen LogP contribution is -2.60. The number of nitrogens with zero attached hydrogens (tertiary/aromatic N) is 2. The second kappa shape index (κ2) is 11.7. The Morgan fingerprint density at radius 2 is 1.40 bits per heavy atom. The first kappa shape index (κ1) is 35.6. The van der Waals surface area contributed by atoms with Crippen LogP contribution in [0.3, 0.4) is 0 Å². The smallest absolute Gasteiger partial charge is 0.258 e. The molecule has 266 valence electrons. The zero-order chi connectivity index (χ0) is 37.0. The van der Waals surface area contributed by atoms with Crippen LogP contribution in [0.15, 0.2) is 29.9 Å². The number of alkyl halides is 2. The van der Waals surface area contributed by atoms with E-state index in [-0.39, 0.29) is 28.6 Å². The van der Waals surface area contributed by atoms with Crippen LogP contribution in [0.4, 0.5) is 27.6 Å². The number of hydrogen-bond donors (Lipinski definition) is 1. The molecule has 0 radical (unpaired) electrons. The molecule has 2 heterocycles. The fraction of sp³-hybridized carbons (Fsp3) is 0.412. The Morgan fingerprint density at radius 3 is 1.92 bits per heavy atom. The van der Waals surface area contributed by atoms with E-state index in [9.17, 15) is 37.5 Å². The van der Waals surface area contributed by atoms with Gasteiger partial charge in [0.25, 0.3) is 11.8 Å². The van der Waals surface area contributed by atoms with Crippen molar-refractivity contribution in [3.05, 3.63) is 64.5 Å². The third kappa shape index (κ3) is 4.63. The first-order valence-electron chi connectivity index (χ1n) is 15.3. The summed E-state index contributed by atoms with van der Waals surface area (Å²) in [5, 5.41) is 10.4. The van der Waals surface area contributed by atoms with E-state index < -0.39 is 104 Å². The van der Waals surface area contributed by atoms with Crippen molar-refractivity contribution in [2.24, 2.45) is 23.7 Å². The van der Waals surface area contributed by atoms with Crippen molar-refractivity contribution in [1.29, 1.82) is 0 Å². The predicted octanol–water partition coefficient (Wildman–Crippen LogP) is 6.01. The molecule has 0 bridgehead atoms. The number of imide groups is 2. The van der Waals surface area contributed by atoms with Gasteiger partial charge in [-0.2, -0.15) is 0 Å². The third-order valence-electron chi connectivity index (χ3n) is 9.93. The number of phenolic OH excluding ortho intramolecular Hbond substituents is 1. The molecule has 0 aromatic heterocycles. The summed E-state index contributed by atoms with van der Waals surface area (Å²) in [4.78, 5) is 51.6. The highest BCUT2D eigenvalue weighted by molar-refractivity contribution is 6.58. The van der Waals surface area contributed by atoms with Crippen LogP contribution in [-0.2, 0) is 19.2 Å². The maximum atomic E-state index is 15.2. The number of ether oxygens (including phenoxy) is 2. The third-order valence-corrected chi connectivity index (χ3v) is 11.4. The average molecular weight is 744 g/mol. The normalized spacial score (nSPS) is 29.4. The van der Waals surface area contributed by atoms with E-state index in [0.29, 0.717) is 11.1 Å². The van der Waals surface area contributed by atoms with Gasteiger partial charge in [0, 0.05) is 11.5 Å². The van der Waals surface area contributed by atoms with E-state index in [0.717, 1.165) is 4.90 Å². The fourth-order valence-electron chi connectivity index (χ4n) is 7.69. The lowest BCUT2D eigenvalue weighted by molar-refractivity contribution is -0.145. The number of amides is 4. The summed E-state index contributed by atoms with van der Waals surface area (Å²) in [6, 6.07) is 2.77. The molecular weight excluding hydrogens is 714 g/mol. The molecule has 2 saturated heterocycles. The van der Waals surface area contributed by atoms with Crippen LogP contribution >= 0.6 is 23.2 Å². The van der Waals surface area contributed by atoms with Gasteiger partial charge in [-0.1, -0.05) is 23.8 Å². The maximum Gasteiger partial charge on any atom is 0.258 e. The van der Waals surface area contributed by atoms with Gasteiger partial charge in [0.15, 0.2) is 44.5 Å². The number of anilines is 1. The number of fused-ring (bicyclic) bond motifs is 4. The minimum Gasteiger partial charge on any atom is -0.502 e. The molecule has 4 aliphatic rings. The van der Waals surface area contributed by atoms with Crippen molar-refractivity contribution in [3.8, 4) is 17.2 Å². The Hall–Kier alpha value is -4.17. The van der Waals surface area contributed by atoms with Crippen LogP contribution in [0, 0.1) is 52.8 Å². The Balaban J connectivity index is 1.57. The molecule has 6 atom stereocenters. The molecule has 2 aromatic rings. The summed E-state index contributed by atoms with van der Waals surface area (Å²) >= 11 is 14.2. The van der Waals surface area contributed by atoms with Gasteiger partial charge >= 0.3 is 0 Å². The largest absolute Gasteiger partial charge is 0.502 e. The Labute approximate surface area is 292 Å². The average Bonchev–Trinajstić information content (AvgIpc) is 3.41. The van der Waals surface area contributed by atoms with Crippen LogP contribution in [0.1, 0.15) is 39.2 Å². The number of phenols is 1. The second-order valence-corrected chi connectivity index (χ2v) is 14.8. The number of halogens is 7. The van der Waals surface area contributed by atoms with Gasteiger partial charge in [0.05, 0.1) is 26.1 Å². The number of methoxy groups -OCH3 is 2. The number of aromatic hydroxyl groups is 1. The predicted molar refractivity (Wildman–Crippen MR) is 169 cm³/mol. The van der Waals surface area contributed by atoms with Gasteiger partial charge in [0.1, 0.15) is 5.69 Å². The monoisotopic (exact) mass is 742 g/mol. The van der Waals surface area contributed by atoms with Gasteiger partial charge in [-0.25, -0.2) is 26.9 Å². The van der Waals surface area contributed by atoms with E-state index in [1.165, 1.54) is 38.5 Å². The first-order valence-corrected chi connectivity index (χ1v) is 16.0. The summed E-state index contributed by atoms with van der Waals surface area (Å²) < 4.78 is 83.6. The molecule has 50 heavy (non-hydrogen) atoms. The summed E-state index contributed by atoms with van der Waals surface area (Å²) in [7, 11) is 2.56. The number of likely N-dealkylation sites (tertiary alicyclic amines) is 1. The number of hydrogen-bond acceptors (Lipinski definition) is 7. The van der Waals surface area contributed by atoms with Crippen molar-refractivity contribution in [1.82, 2.24) is 4.90 Å². The van der Waals surface area contributed by atoms with E-state index in [1.54, 1.807) is 26.8 Å². The quantitative estimate of drug-likeness (QED) is 0.0997. The minimum atomic E-state index is -2.65. The number of allylic oxidation sites excluding steroid dienone is 3. The molecule has 2 aliphatic heterocycles. The van der Waals surface area contributed by atoms with Gasteiger partial charge < -0.3 is 14.6 Å². The van der Waals surface area contributed by atoms with Gasteiger partial charge in [0.2, 0.25) is 23.4 Å². The van der Waals surface area contributed by atoms with Gasteiger partial charge in [-0.3, -0.25) is 24.1 Å². The van der Waals surface area contributed by atoms with Crippen molar-refractivity contribution in [2.75, 3.05) is 19.1 Å². The van der Waals surface area contributed by atoms with Crippen LogP contribution in [0.25, 0.3) is 6.08 Å². The summed E-state index contributed by atoms with van der Waals surface area (Å²) in [6.07, 6.45) is 3.74. The minimum absolute atomic E-state index is 0.0144. The second-order valence-electron chi connectivity index (χ2n) is 13.6. The highest BCUT2D eigenvalue weighted by atomic mass is 35.5. The van der Waals surface area contributed by atoms with E-state index in [2.05, 4.69) is 0 Å². The summed E-state index contributed by atoms with van der Waals surface area (Å²) in [5.74, 6) is -21.3. The van der Waals surface area contributed by atoms with Crippen LogP contribution < -0.4 is 14.4 Å². The SMILES string of the molecule is COc1cc(C=C[C@H]2C3=CC[C@@H]4C(=O)N(C(C)(C)C)C(=O)[C@@H]4[C@@H]3C[C@@]3(Cl)C(=O)N(c4c(F)c(F)c(F)c(F)c4F)C(=O)[C@@]23Cl)cc(OC)c1O. The van der Waals surface area contributed by atoms with Crippen molar-refractivity contribution in [2.45, 2.75) is 48.9 Å². The molecular formula is C34H29Cl2F5N2O7. The highest BCUT2D eigenvalue weighted by Gasteiger charge is 2.76. The van der Waals surface area contributed by atoms with Crippen LogP contribution in [0.5, 0.6) is 17.2 Å². The fourth-order valence-corrected chi connectivity index (χ4v) is 8.58. The van der Waals surface area contributed by atoms with Gasteiger partial charge in [-0.05, 0) is 57.2 Å².